The van der Waals surface area contributed by atoms with Gasteiger partial charge in [-0.1, -0.05) is 24.3 Å². The Morgan fingerprint density at radius 2 is 1.58 bits per heavy atom. The lowest BCUT2D eigenvalue weighted by Gasteiger charge is -2.09. The van der Waals surface area contributed by atoms with Crippen molar-refractivity contribution in [2.24, 2.45) is 5.10 Å². The molecule has 0 fully saturated rings. The maximum atomic E-state index is 12.7. The molecular weight excluding hydrogens is 418 g/mol. The van der Waals surface area contributed by atoms with Gasteiger partial charge in [-0.05, 0) is 60.7 Å². The number of hydrogen-bond acceptors (Lipinski definition) is 5. The van der Waals surface area contributed by atoms with Crippen LogP contribution >= 0.6 is 0 Å². The number of hydrogen-bond donors (Lipinski definition) is 1. The number of ether oxygens (including phenoxy) is 2. The third kappa shape index (κ3) is 5.16. The fourth-order valence-corrected chi connectivity index (χ4v) is 3.17. The first-order valence-electron chi connectivity index (χ1n) is 10.2. The van der Waals surface area contributed by atoms with Crippen molar-refractivity contribution < 1.29 is 19.1 Å². The molecule has 0 aliphatic carbocycles. The molecule has 1 heterocycles. The van der Waals surface area contributed by atoms with E-state index in [1.54, 1.807) is 67.8 Å². The SMILES string of the molecule is COc1ccc(C(=O)Oc2ccccc2C=NNC(=O)c2ccccc2-n2cccc2)cc1. The second-order valence-corrected chi connectivity index (χ2v) is 6.96. The number of hydrazone groups is 1. The summed E-state index contributed by atoms with van der Waals surface area (Å²) in [6, 6.07) is 24.6. The molecule has 0 aliphatic rings. The summed E-state index contributed by atoms with van der Waals surface area (Å²) in [5.41, 5.74) is 4.68. The molecule has 3 aromatic carbocycles. The first-order valence-corrected chi connectivity index (χ1v) is 10.2. The van der Waals surface area contributed by atoms with Crippen LogP contribution in [0.3, 0.4) is 0 Å². The van der Waals surface area contributed by atoms with Crippen molar-refractivity contribution in [1.29, 1.82) is 0 Å². The average Bonchev–Trinajstić information content (AvgIpc) is 3.40. The normalized spacial score (nSPS) is 10.7. The second kappa shape index (κ2) is 10.1. The van der Waals surface area contributed by atoms with Gasteiger partial charge in [-0.15, -0.1) is 0 Å². The third-order valence-electron chi connectivity index (χ3n) is 4.85. The monoisotopic (exact) mass is 439 g/mol. The van der Waals surface area contributed by atoms with Gasteiger partial charge in [0, 0.05) is 18.0 Å². The maximum Gasteiger partial charge on any atom is 0.343 e. The van der Waals surface area contributed by atoms with Crippen molar-refractivity contribution in [3.8, 4) is 17.2 Å². The molecule has 0 bridgehead atoms. The van der Waals surface area contributed by atoms with Crippen LogP contribution in [0.15, 0.2) is 102 Å². The van der Waals surface area contributed by atoms with E-state index in [4.69, 9.17) is 9.47 Å². The van der Waals surface area contributed by atoms with E-state index in [-0.39, 0.29) is 5.91 Å². The summed E-state index contributed by atoms with van der Waals surface area (Å²) < 4.78 is 12.5. The van der Waals surface area contributed by atoms with Crippen LogP contribution in [0.4, 0.5) is 0 Å². The molecule has 1 amide bonds. The van der Waals surface area contributed by atoms with Crippen molar-refractivity contribution in [2.75, 3.05) is 7.11 Å². The van der Waals surface area contributed by atoms with Gasteiger partial charge < -0.3 is 14.0 Å². The highest BCUT2D eigenvalue weighted by molar-refractivity contribution is 5.98. The highest BCUT2D eigenvalue weighted by Gasteiger charge is 2.13. The number of methoxy groups -OCH3 is 1. The minimum Gasteiger partial charge on any atom is -0.497 e. The highest BCUT2D eigenvalue weighted by Crippen LogP contribution is 2.19. The topological polar surface area (TPSA) is 81.9 Å². The van der Waals surface area contributed by atoms with E-state index < -0.39 is 5.97 Å². The number of benzene rings is 3. The standard InChI is InChI=1S/C26H21N3O4/c1-32-21-14-12-19(13-15-21)26(31)33-24-11-5-2-8-20(24)18-27-28-25(30)22-9-3-4-10-23(22)29-16-6-7-17-29/h2-18H,1H3,(H,28,30). The summed E-state index contributed by atoms with van der Waals surface area (Å²) in [5.74, 6) is 0.101. The number of aromatic nitrogens is 1. The molecule has 0 unspecified atom stereocenters. The first kappa shape index (κ1) is 21.6. The summed E-state index contributed by atoms with van der Waals surface area (Å²) in [5, 5.41) is 4.06. The molecule has 4 rings (SSSR count). The Morgan fingerprint density at radius 1 is 0.879 bits per heavy atom. The predicted molar refractivity (Wildman–Crippen MR) is 125 cm³/mol. The molecule has 0 saturated heterocycles. The molecule has 0 spiro atoms. The predicted octanol–water partition coefficient (Wildman–Crippen LogP) is 4.47. The van der Waals surface area contributed by atoms with Gasteiger partial charge in [-0.3, -0.25) is 4.79 Å². The van der Waals surface area contributed by atoms with E-state index in [0.29, 0.717) is 28.2 Å². The number of rotatable bonds is 7. The number of amides is 1. The van der Waals surface area contributed by atoms with Crippen LogP contribution in [0.2, 0.25) is 0 Å². The van der Waals surface area contributed by atoms with Crippen LogP contribution in [-0.2, 0) is 0 Å². The van der Waals surface area contributed by atoms with Crippen LogP contribution in [-0.4, -0.2) is 29.8 Å². The lowest BCUT2D eigenvalue weighted by atomic mass is 10.1. The smallest absolute Gasteiger partial charge is 0.343 e. The Hall–Kier alpha value is -4.65. The quantitative estimate of drug-likeness (QED) is 0.199. The van der Waals surface area contributed by atoms with Crippen molar-refractivity contribution in [1.82, 2.24) is 9.99 Å². The van der Waals surface area contributed by atoms with E-state index in [2.05, 4.69) is 10.5 Å². The van der Waals surface area contributed by atoms with Gasteiger partial charge in [0.1, 0.15) is 11.5 Å². The molecule has 1 aromatic heterocycles. The molecule has 0 aliphatic heterocycles. The zero-order valence-corrected chi connectivity index (χ0v) is 17.8. The fourth-order valence-electron chi connectivity index (χ4n) is 3.17. The number of carbonyl (C=O) groups is 2. The van der Waals surface area contributed by atoms with E-state index in [9.17, 15) is 9.59 Å². The molecule has 0 saturated carbocycles. The third-order valence-corrected chi connectivity index (χ3v) is 4.85. The highest BCUT2D eigenvalue weighted by atomic mass is 16.5. The molecule has 0 radical (unpaired) electrons. The van der Waals surface area contributed by atoms with Gasteiger partial charge >= 0.3 is 5.97 Å². The minimum atomic E-state index is -0.511. The Morgan fingerprint density at radius 3 is 2.33 bits per heavy atom. The average molecular weight is 439 g/mol. The van der Waals surface area contributed by atoms with Crippen LogP contribution in [0.5, 0.6) is 11.5 Å². The van der Waals surface area contributed by atoms with Crippen LogP contribution in [0.1, 0.15) is 26.3 Å². The van der Waals surface area contributed by atoms with Crippen molar-refractivity contribution in [3.63, 3.8) is 0 Å². The maximum absolute atomic E-state index is 12.7. The largest absolute Gasteiger partial charge is 0.497 e. The zero-order chi connectivity index (χ0) is 23.0. The van der Waals surface area contributed by atoms with Gasteiger partial charge in [0.2, 0.25) is 0 Å². The van der Waals surface area contributed by atoms with Gasteiger partial charge in [-0.25, -0.2) is 10.2 Å². The Kier molecular flexibility index (Phi) is 6.61. The zero-order valence-electron chi connectivity index (χ0n) is 17.8. The number of nitrogens with one attached hydrogen (secondary N) is 1. The van der Waals surface area contributed by atoms with E-state index >= 15 is 0 Å². The fraction of sp³-hybridized carbons (Fsp3) is 0.0385. The van der Waals surface area contributed by atoms with E-state index in [0.717, 1.165) is 5.69 Å². The van der Waals surface area contributed by atoms with Crippen LogP contribution < -0.4 is 14.9 Å². The second-order valence-electron chi connectivity index (χ2n) is 6.96. The first-order chi connectivity index (χ1) is 16.2. The Labute approximate surface area is 190 Å². The lowest BCUT2D eigenvalue weighted by Crippen LogP contribution is -2.19. The van der Waals surface area contributed by atoms with Crippen LogP contribution in [0, 0.1) is 0 Å². The number of carbonyl (C=O) groups excluding carboxylic acids is 2. The van der Waals surface area contributed by atoms with Gasteiger partial charge in [0.05, 0.1) is 30.1 Å². The minimum absolute atomic E-state index is 0.323. The van der Waals surface area contributed by atoms with Crippen LogP contribution in [0.25, 0.3) is 5.69 Å². The van der Waals surface area contributed by atoms with Gasteiger partial charge in [0.15, 0.2) is 0 Å². The van der Waals surface area contributed by atoms with Gasteiger partial charge in [0.25, 0.3) is 5.91 Å². The lowest BCUT2D eigenvalue weighted by molar-refractivity contribution is 0.0734. The summed E-state index contributed by atoms with van der Waals surface area (Å²) in [6.45, 7) is 0. The molecule has 33 heavy (non-hydrogen) atoms. The Balaban J connectivity index is 1.46. The summed E-state index contributed by atoms with van der Waals surface area (Å²) >= 11 is 0. The molecule has 164 valence electrons. The van der Waals surface area contributed by atoms with Crippen molar-refractivity contribution in [3.05, 3.63) is 114 Å². The van der Waals surface area contributed by atoms with E-state index in [1.807, 2.05) is 41.2 Å². The van der Waals surface area contributed by atoms with Gasteiger partial charge in [-0.2, -0.15) is 5.10 Å². The number of nitrogens with zero attached hydrogens (tertiary/aromatic N) is 2. The molecule has 1 N–H and O–H groups in total. The Bertz CT molecular complexity index is 1280. The summed E-state index contributed by atoms with van der Waals surface area (Å²) in [7, 11) is 1.56. The van der Waals surface area contributed by atoms with E-state index in [1.165, 1.54) is 6.21 Å². The molecular formula is C26H21N3O4. The summed E-state index contributed by atoms with van der Waals surface area (Å²) in [6.07, 6.45) is 5.17. The molecule has 7 nitrogen and oxygen atoms in total. The molecule has 7 heteroatoms. The number of para-hydroxylation sites is 2. The number of esters is 1. The summed E-state index contributed by atoms with van der Waals surface area (Å²) in [4.78, 5) is 25.2. The van der Waals surface area contributed by atoms with Crippen molar-refractivity contribution in [2.45, 2.75) is 0 Å². The molecule has 4 aromatic rings. The molecule has 0 atom stereocenters. The van der Waals surface area contributed by atoms with Crippen molar-refractivity contribution >= 4 is 18.1 Å².